The summed E-state index contributed by atoms with van der Waals surface area (Å²) in [6.45, 7) is 0.0664. The highest BCUT2D eigenvalue weighted by molar-refractivity contribution is 6.33. The van der Waals surface area contributed by atoms with Crippen LogP contribution in [0.1, 0.15) is 41.0 Å². The molecule has 6 atom stereocenters. The number of pyridine rings is 1. The molecule has 6 unspecified atom stereocenters. The van der Waals surface area contributed by atoms with E-state index in [1.165, 1.54) is 24.1 Å². The Morgan fingerprint density at radius 1 is 0.945 bits per heavy atom. The fourth-order valence-electron chi connectivity index (χ4n) is 9.05. The Labute approximate surface area is 322 Å². The van der Waals surface area contributed by atoms with Crippen molar-refractivity contribution in [2.45, 2.75) is 36.9 Å². The molecule has 0 spiro atoms. The fraction of sp³-hybridized carbons (Fsp3) is 0.275. The van der Waals surface area contributed by atoms with Gasteiger partial charge >= 0.3 is 6.18 Å². The van der Waals surface area contributed by atoms with Crippen LogP contribution in [0, 0.1) is 23.7 Å². The number of methoxy groups -OCH3 is 1. The highest BCUT2D eigenvalue weighted by atomic mass is 35.5. The molecule has 10 nitrogen and oxygen atoms in total. The van der Waals surface area contributed by atoms with Gasteiger partial charge in [0.1, 0.15) is 11.5 Å². The molecule has 4 aliphatic rings. The zero-order chi connectivity index (χ0) is 39.0. The molecule has 2 aliphatic heterocycles. The average molecular weight is 792 g/mol. The minimum atomic E-state index is -4.75. The number of halogens is 5. The SMILES string of the molecule is COc1cc(O)ccc1C1C2=CCC3C(=O)N(Cc4ccccc4)C(=O)C3C2CC2C(=O)N(Nc3ncc(C(F)(F)F)cc3Cl)C(=O)C21c1ccc(Cl)cc1. The maximum atomic E-state index is 15.3. The number of alkyl halides is 3. The molecule has 0 bridgehead atoms. The summed E-state index contributed by atoms with van der Waals surface area (Å²) in [6.07, 6.45) is -2.21. The summed E-state index contributed by atoms with van der Waals surface area (Å²) in [5.41, 5.74) is 1.93. The number of amides is 4. The molecule has 3 fully saturated rings. The Morgan fingerprint density at radius 2 is 1.67 bits per heavy atom. The summed E-state index contributed by atoms with van der Waals surface area (Å²) < 4.78 is 46.2. The number of rotatable bonds is 7. The number of carbonyl (C=O) groups is 4. The first-order valence-corrected chi connectivity index (χ1v) is 18.1. The summed E-state index contributed by atoms with van der Waals surface area (Å²) in [5, 5.41) is 11.1. The number of hydrogen-bond acceptors (Lipinski definition) is 8. The van der Waals surface area contributed by atoms with E-state index in [4.69, 9.17) is 27.9 Å². The molecule has 15 heteroatoms. The molecule has 4 aromatic rings. The summed E-state index contributed by atoms with van der Waals surface area (Å²) in [5.74, 6) is -7.04. The van der Waals surface area contributed by atoms with Crippen LogP contribution in [0.5, 0.6) is 11.5 Å². The number of anilines is 1. The Bertz CT molecular complexity index is 2290. The van der Waals surface area contributed by atoms with Crippen LogP contribution in [-0.2, 0) is 37.3 Å². The number of nitrogens with one attached hydrogen (secondary N) is 1. The molecular formula is C40H31Cl2F3N4O6. The number of phenols is 1. The molecule has 0 radical (unpaired) electrons. The molecule has 3 aromatic carbocycles. The predicted octanol–water partition coefficient (Wildman–Crippen LogP) is 7.31. The highest BCUT2D eigenvalue weighted by Gasteiger charge is 2.70. The minimum absolute atomic E-state index is 0.0400. The smallest absolute Gasteiger partial charge is 0.417 e. The van der Waals surface area contributed by atoms with Gasteiger partial charge < -0.3 is 9.84 Å². The van der Waals surface area contributed by atoms with E-state index in [0.29, 0.717) is 34.0 Å². The molecule has 2 aliphatic carbocycles. The predicted molar refractivity (Wildman–Crippen MR) is 194 cm³/mol. The first kappa shape index (κ1) is 36.6. The number of aromatic hydroxyl groups is 1. The number of hydrogen-bond donors (Lipinski definition) is 2. The zero-order valence-electron chi connectivity index (χ0n) is 28.9. The Kier molecular flexibility index (Phi) is 8.92. The highest BCUT2D eigenvalue weighted by Crippen LogP contribution is 2.65. The van der Waals surface area contributed by atoms with Crippen molar-refractivity contribution in [3.63, 3.8) is 0 Å². The van der Waals surface area contributed by atoms with Crippen molar-refractivity contribution in [1.82, 2.24) is 14.9 Å². The van der Waals surface area contributed by atoms with Gasteiger partial charge in [-0.15, -0.1) is 0 Å². The van der Waals surface area contributed by atoms with Crippen LogP contribution in [0.25, 0.3) is 0 Å². The molecule has 2 N–H and O–H groups in total. The van der Waals surface area contributed by atoms with Crippen molar-refractivity contribution >= 4 is 52.6 Å². The van der Waals surface area contributed by atoms with E-state index in [2.05, 4.69) is 10.4 Å². The van der Waals surface area contributed by atoms with Crippen molar-refractivity contribution < 1.29 is 42.2 Å². The normalized spacial score (nSPS) is 26.1. The lowest BCUT2D eigenvalue weighted by Crippen LogP contribution is -2.53. The molecule has 3 heterocycles. The van der Waals surface area contributed by atoms with E-state index in [1.807, 2.05) is 36.4 Å². The van der Waals surface area contributed by atoms with Gasteiger partial charge in [-0.3, -0.25) is 29.5 Å². The molecular weight excluding hydrogens is 760 g/mol. The average Bonchev–Trinajstić information content (AvgIpc) is 3.53. The first-order chi connectivity index (χ1) is 26.2. The number of imide groups is 2. The van der Waals surface area contributed by atoms with Crippen LogP contribution in [0.15, 0.2) is 96.7 Å². The first-order valence-electron chi connectivity index (χ1n) is 17.4. The molecule has 282 valence electrons. The third kappa shape index (κ3) is 5.74. The largest absolute Gasteiger partial charge is 0.508 e. The summed E-state index contributed by atoms with van der Waals surface area (Å²) in [7, 11) is 1.39. The topological polar surface area (TPSA) is 129 Å². The Morgan fingerprint density at radius 3 is 2.35 bits per heavy atom. The number of aromatic nitrogens is 1. The van der Waals surface area contributed by atoms with Crippen molar-refractivity contribution in [2.75, 3.05) is 12.5 Å². The second kappa shape index (κ2) is 13.4. The van der Waals surface area contributed by atoms with Gasteiger partial charge in [-0.05, 0) is 54.2 Å². The van der Waals surface area contributed by atoms with Crippen LogP contribution in [0.2, 0.25) is 10.0 Å². The van der Waals surface area contributed by atoms with E-state index < -0.39 is 69.5 Å². The van der Waals surface area contributed by atoms with Crippen LogP contribution < -0.4 is 10.2 Å². The molecule has 2 saturated heterocycles. The van der Waals surface area contributed by atoms with Gasteiger partial charge in [0.15, 0.2) is 5.82 Å². The number of benzene rings is 3. The van der Waals surface area contributed by atoms with Gasteiger partial charge in [-0.25, -0.2) is 4.98 Å². The molecule has 55 heavy (non-hydrogen) atoms. The van der Waals surface area contributed by atoms with Crippen molar-refractivity contribution in [1.29, 1.82) is 0 Å². The van der Waals surface area contributed by atoms with Gasteiger partial charge in [-0.1, -0.05) is 83.4 Å². The van der Waals surface area contributed by atoms with E-state index in [1.54, 1.807) is 30.3 Å². The van der Waals surface area contributed by atoms with Gasteiger partial charge in [0.05, 0.1) is 47.4 Å². The molecule has 1 aromatic heterocycles. The quantitative estimate of drug-likeness (QED) is 0.147. The molecule has 1 saturated carbocycles. The van der Waals surface area contributed by atoms with Crippen molar-refractivity contribution in [3.05, 3.63) is 129 Å². The van der Waals surface area contributed by atoms with Gasteiger partial charge in [0, 0.05) is 28.8 Å². The van der Waals surface area contributed by atoms with Crippen LogP contribution in [-0.4, -0.2) is 50.7 Å². The van der Waals surface area contributed by atoms with Gasteiger partial charge in [0.25, 0.3) is 11.8 Å². The van der Waals surface area contributed by atoms with Crippen molar-refractivity contribution in [3.8, 4) is 11.5 Å². The van der Waals surface area contributed by atoms with Crippen LogP contribution in [0.3, 0.4) is 0 Å². The summed E-state index contributed by atoms with van der Waals surface area (Å²) in [4.78, 5) is 63.6. The van der Waals surface area contributed by atoms with E-state index >= 15 is 4.79 Å². The van der Waals surface area contributed by atoms with Gasteiger partial charge in [-0.2, -0.15) is 18.2 Å². The second-order valence-corrected chi connectivity index (χ2v) is 14.9. The standard InChI is InChI=1S/C40H31Cl2F3N4O6/c1-55-31-16-24(50)11-12-26(31)33-25-13-14-27-32(37(53)48(35(27)51)19-20-5-3-2-4-6-20)28(25)17-29-36(52)49(38(54)39(29,33)21-7-9-23(41)10-8-21)47-34-30(42)15-22(18-46-34)40(43,44)45/h2-13,15-16,18,27-29,32-33,50H,14,17,19H2,1H3,(H,46,47). The zero-order valence-corrected chi connectivity index (χ0v) is 30.4. The number of fused-ring (bicyclic) bond motifs is 4. The Balaban J connectivity index is 1.31. The molecule has 4 amide bonds. The maximum Gasteiger partial charge on any atom is 0.417 e. The third-order valence-electron chi connectivity index (χ3n) is 11.4. The van der Waals surface area contributed by atoms with Gasteiger partial charge in [0.2, 0.25) is 11.8 Å². The lowest BCUT2D eigenvalue weighted by atomic mass is 9.49. The van der Waals surface area contributed by atoms with Crippen LogP contribution in [0.4, 0.5) is 19.0 Å². The number of nitrogens with zero attached hydrogens (tertiary/aromatic N) is 3. The van der Waals surface area contributed by atoms with Crippen molar-refractivity contribution in [2.24, 2.45) is 23.7 Å². The van der Waals surface area contributed by atoms with Crippen LogP contribution >= 0.6 is 23.2 Å². The minimum Gasteiger partial charge on any atom is -0.508 e. The maximum absolute atomic E-state index is 15.3. The number of allylic oxidation sites excluding steroid dienone is 2. The monoisotopic (exact) mass is 790 g/mol. The fourth-order valence-corrected chi connectivity index (χ4v) is 9.39. The third-order valence-corrected chi connectivity index (χ3v) is 11.9. The number of hydrazine groups is 1. The lowest BCUT2D eigenvalue weighted by molar-refractivity contribution is -0.142. The number of ether oxygens (including phenoxy) is 1. The second-order valence-electron chi connectivity index (χ2n) is 14.1. The summed E-state index contributed by atoms with van der Waals surface area (Å²) in [6, 6.07) is 20.6. The van der Waals surface area contributed by atoms with E-state index in [0.717, 1.165) is 10.6 Å². The van der Waals surface area contributed by atoms with E-state index in [9.17, 15) is 32.7 Å². The molecule has 8 rings (SSSR count). The number of carbonyl (C=O) groups excluding carboxylic acids is 4. The van der Waals surface area contributed by atoms with E-state index in [-0.39, 0.29) is 42.6 Å². The lowest BCUT2D eigenvalue weighted by Gasteiger charge is -2.50. The number of phenolic OH excluding ortho intramolecular Hbond substituents is 1. The number of likely N-dealkylation sites (tertiary alicyclic amines) is 1. The Hall–Kier alpha value is -5.40. The summed E-state index contributed by atoms with van der Waals surface area (Å²) >= 11 is 12.6.